The largest absolute Gasteiger partial charge is 0.242 e. The Morgan fingerprint density at radius 1 is 0.667 bits per heavy atom. The molecule has 3 rings (SSSR count). The molecule has 0 aromatic heterocycles. The zero-order chi connectivity index (χ0) is 20.4. The number of benzene rings is 2. The van der Waals surface area contributed by atoms with E-state index in [2.05, 4.69) is 0 Å². The van der Waals surface area contributed by atoms with Gasteiger partial charge in [-0.25, -0.2) is 33.9 Å². The Morgan fingerprint density at radius 3 is 1.30 bits per heavy atom. The quantitative estimate of drug-likeness (QED) is 0.611. The monoisotopic (exact) mass is 430 g/mol. The predicted molar refractivity (Wildman–Crippen MR) is 99.1 cm³/mol. The molecule has 0 aliphatic carbocycles. The Kier molecular flexibility index (Phi) is 4.51. The van der Waals surface area contributed by atoms with Crippen molar-refractivity contribution >= 4 is 29.9 Å². The topological polar surface area (TPSA) is 109 Å². The fourth-order valence-corrected chi connectivity index (χ4v) is 6.50. The average molecular weight is 431 g/mol. The zero-order valence-electron chi connectivity index (χ0n) is 15.0. The Bertz CT molecular complexity index is 1170. The zero-order valence-corrected chi connectivity index (χ0v) is 17.5. The van der Waals surface area contributed by atoms with Gasteiger partial charge in [0.2, 0.25) is 29.9 Å². The summed E-state index contributed by atoms with van der Waals surface area (Å²) in [6.45, 7) is 0. The summed E-state index contributed by atoms with van der Waals surface area (Å²) in [6.07, 6.45) is 0. The van der Waals surface area contributed by atoms with Gasteiger partial charge in [0.25, 0.3) is 0 Å². The van der Waals surface area contributed by atoms with Crippen molar-refractivity contribution in [1.82, 2.24) is 8.61 Å². The molecule has 27 heavy (non-hydrogen) atoms. The van der Waals surface area contributed by atoms with Crippen LogP contribution in [0.15, 0.2) is 56.0 Å². The van der Waals surface area contributed by atoms with Crippen LogP contribution in [0, 0.1) is 0 Å². The molecule has 1 aliphatic heterocycles. The van der Waals surface area contributed by atoms with Crippen molar-refractivity contribution in [2.24, 2.45) is 0 Å². The summed E-state index contributed by atoms with van der Waals surface area (Å²) >= 11 is 0. The normalized spacial score (nSPS) is 15.8. The maximum Gasteiger partial charge on any atom is 0.242 e. The van der Waals surface area contributed by atoms with E-state index in [-0.39, 0.29) is 19.6 Å². The van der Waals surface area contributed by atoms with Crippen LogP contribution < -0.4 is 0 Å². The lowest BCUT2D eigenvalue weighted by molar-refractivity contribution is 0.519. The molecule has 1 aliphatic rings. The Hall–Kier alpha value is -1.79. The Morgan fingerprint density at radius 2 is 1.00 bits per heavy atom. The standard InChI is InChI=1S/C16H18N2O6S3/c1-17(2)26(21,22)11-5-7-13-14-8-6-12(27(23,24)18(3)4)10-16(14)25(19,20)15(13)9-11/h5-10H,1-4H3. The van der Waals surface area contributed by atoms with E-state index in [1.165, 1.54) is 52.5 Å². The highest BCUT2D eigenvalue weighted by Gasteiger charge is 2.36. The fraction of sp³-hybridized carbons (Fsp3) is 0.250. The number of rotatable bonds is 4. The van der Waals surface area contributed by atoms with E-state index < -0.39 is 29.9 Å². The van der Waals surface area contributed by atoms with Crippen molar-refractivity contribution in [3.8, 4) is 11.1 Å². The number of fused-ring (bicyclic) bond motifs is 3. The third-order valence-electron chi connectivity index (χ3n) is 4.33. The molecule has 0 fully saturated rings. The molecule has 0 bridgehead atoms. The van der Waals surface area contributed by atoms with Gasteiger partial charge >= 0.3 is 0 Å². The molecular weight excluding hydrogens is 412 g/mol. The van der Waals surface area contributed by atoms with Gasteiger partial charge < -0.3 is 0 Å². The molecule has 8 nitrogen and oxygen atoms in total. The molecule has 0 amide bonds. The van der Waals surface area contributed by atoms with Crippen molar-refractivity contribution in [1.29, 1.82) is 0 Å². The highest BCUT2D eigenvalue weighted by atomic mass is 32.2. The second-order valence-electron chi connectivity index (χ2n) is 6.39. The molecular formula is C16H18N2O6S3. The molecule has 146 valence electrons. The van der Waals surface area contributed by atoms with Gasteiger partial charge in [-0.2, -0.15) is 0 Å². The summed E-state index contributed by atoms with van der Waals surface area (Å²) in [4.78, 5) is -0.604. The molecule has 0 atom stereocenters. The minimum absolute atomic E-state index is 0.149. The number of nitrogens with zero attached hydrogens (tertiary/aromatic N) is 2. The first-order valence-corrected chi connectivity index (χ1v) is 12.1. The molecule has 2 aromatic rings. The van der Waals surface area contributed by atoms with Crippen LogP contribution in [0.3, 0.4) is 0 Å². The molecule has 11 heteroatoms. The van der Waals surface area contributed by atoms with Crippen molar-refractivity contribution in [3.05, 3.63) is 36.4 Å². The van der Waals surface area contributed by atoms with Gasteiger partial charge in [-0.15, -0.1) is 0 Å². The predicted octanol–water partition coefficient (Wildman–Crippen LogP) is 1.00. The first-order valence-electron chi connectivity index (χ1n) is 7.70. The molecule has 0 spiro atoms. The van der Waals surface area contributed by atoms with Crippen LogP contribution >= 0.6 is 0 Å². The minimum Gasteiger partial charge on any atom is -0.218 e. The average Bonchev–Trinajstić information content (AvgIpc) is 2.81. The number of hydrogen-bond acceptors (Lipinski definition) is 6. The maximum atomic E-state index is 13.0. The molecule has 0 N–H and O–H groups in total. The molecule has 1 heterocycles. The lowest BCUT2D eigenvalue weighted by Gasteiger charge is -2.12. The van der Waals surface area contributed by atoms with Crippen LogP contribution in [0.2, 0.25) is 0 Å². The third kappa shape index (κ3) is 2.90. The maximum absolute atomic E-state index is 13.0. The van der Waals surface area contributed by atoms with E-state index in [4.69, 9.17) is 0 Å². The van der Waals surface area contributed by atoms with Crippen LogP contribution in [0.25, 0.3) is 11.1 Å². The first kappa shape index (κ1) is 20.0. The molecule has 2 aromatic carbocycles. The van der Waals surface area contributed by atoms with Gasteiger partial charge in [-0.1, -0.05) is 12.1 Å². The van der Waals surface area contributed by atoms with Crippen LogP contribution in [-0.2, 0) is 29.9 Å². The van der Waals surface area contributed by atoms with E-state index in [0.717, 1.165) is 20.7 Å². The van der Waals surface area contributed by atoms with Crippen molar-refractivity contribution in [2.75, 3.05) is 28.2 Å². The van der Waals surface area contributed by atoms with Gasteiger partial charge in [-0.05, 0) is 24.3 Å². The molecule has 0 unspecified atom stereocenters. The number of sulfonamides is 2. The van der Waals surface area contributed by atoms with Gasteiger partial charge in [0, 0.05) is 39.3 Å². The van der Waals surface area contributed by atoms with E-state index in [1.54, 1.807) is 0 Å². The van der Waals surface area contributed by atoms with Crippen LogP contribution in [-0.4, -0.2) is 62.1 Å². The van der Waals surface area contributed by atoms with E-state index in [9.17, 15) is 25.3 Å². The van der Waals surface area contributed by atoms with Gasteiger partial charge in [0.15, 0.2) is 0 Å². The number of hydrogen-bond donors (Lipinski definition) is 0. The van der Waals surface area contributed by atoms with E-state index in [0.29, 0.717) is 11.1 Å². The molecule has 0 saturated heterocycles. The van der Waals surface area contributed by atoms with Crippen LogP contribution in [0.5, 0.6) is 0 Å². The van der Waals surface area contributed by atoms with Crippen molar-refractivity contribution in [2.45, 2.75) is 19.6 Å². The Balaban J connectivity index is 2.25. The second kappa shape index (κ2) is 6.11. The Labute approximate surface area is 159 Å². The highest BCUT2D eigenvalue weighted by Crippen LogP contribution is 2.44. The first-order chi connectivity index (χ1) is 12.3. The van der Waals surface area contributed by atoms with E-state index >= 15 is 0 Å². The molecule has 0 radical (unpaired) electrons. The lowest BCUT2D eigenvalue weighted by Crippen LogP contribution is -2.22. The van der Waals surface area contributed by atoms with Gasteiger partial charge in [0.05, 0.1) is 19.6 Å². The third-order valence-corrected chi connectivity index (χ3v) is 9.79. The van der Waals surface area contributed by atoms with Gasteiger partial charge in [-0.3, -0.25) is 0 Å². The summed E-state index contributed by atoms with van der Waals surface area (Å²) in [5.41, 5.74) is 0.688. The van der Waals surface area contributed by atoms with Crippen molar-refractivity contribution < 1.29 is 25.3 Å². The lowest BCUT2D eigenvalue weighted by atomic mass is 10.1. The SMILES string of the molecule is CN(C)S(=O)(=O)c1ccc2c(c1)S(=O)(=O)c1cc(S(=O)(=O)N(C)C)ccc1-2. The summed E-state index contributed by atoms with van der Waals surface area (Å²) in [5.74, 6) is 0. The fourth-order valence-electron chi connectivity index (χ4n) is 2.76. The number of sulfone groups is 1. The van der Waals surface area contributed by atoms with E-state index in [1.807, 2.05) is 0 Å². The minimum atomic E-state index is -4.05. The molecule has 0 saturated carbocycles. The highest BCUT2D eigenvalue weighted by molar-refractivity contribution is 7.92. The second-order valence-corrected chi connectivity index (χ2v) is 12.6. The smallest absolute Gasteiger partial charge is 0.218 e. The summed E-state index contributed by atoms with van der Waals surface area (Å²) in [6, 6.07) is 7.75. The summed E-state index contributed by atoms with van der Waals surface area (Å²) in [7, 11) is -6.27. The van der Waals surface area contributed by atoms with Crippen LogP contribution in [0.1, 0.15) is 0 Å². The van der Waals surface area contributed by atoms with Gasteiger partial charge in [0.1, 0.15) is 0 Å². The van der Waals surface area contributed by atoms with Crippen LogP contribution in [0.4, 0.5) is 0 Å². The van der Waals surface area contributed by atoms with Crippen molar-refractivity contribution in [3.63, 3.8) is 0 Å². The summed E-state index contributed by atoms with van der Waals surface area (Å²) in [5, 5.41) is 0. The summed E-state index contributed by atoms with van der Waals surface area (Å²) < 4.78 is 77.2.